The van der Waals surface area contributed by atoms with Crippen LogP contribution in [0.25, 0.3) is 17.2 Å². The van der Waals surface area contributed by atoms with Crippen molar-refractivity contribution in [3.63, 3.8) is 0 Å². The van der Waals surface area contributed by atoms with Crippen LogP contribution in [0.15, 0.2) is 66.7 Å². The van der Waals surface area contributed by atoms with E-state index in [1.807, 2.05) is 43.3 Å². The Bertz CT molecular complexity index is 1370. The Balaban J connectivity index is 1.72. The molecule has 3 aromatic carbocycles. The van der Waals surface area contributed by atoms with E-state index in [-0.39, 0.29) is 28.6 Å². The first kappa shape index (κ1) is 25.6. The van der Waals surface area contributed by atoms with Crippen molar-refractivity contribution in [2.75, 3.05) is 23.9 Å². The van der Waals surface area contributed by atoms with Crippen LogP contribution in [0.5, 0.6) is 0 Å². The van der Waals surface area contributed by atoms with Crippen molar-refractivity contribution in [2.24, 2.45) is 5.92 Å². The number of halogens is 2. The summed E-state index contributed by atoms with van der Waals surface area (Å²) in [6.45, 7) is -1.47. The van der Waals surface area contributed by atoms with Gasteiger partial charge in [-0.15, -0.1) is 0 Å². The molecule has 1 aliphatic carbocycles. The minimum Gasteiger partial charge on any atom is -0.478 e. The zero-order valence-electron chi connectivity index (χ0n) is 22.5. The maximum Gasteiger partial charge on any atom is 0.328 e. The Labute approximate surface area is 223 Å². The number of rotatable bonds is 8. The largest absolute Gasteiger partial charge is 0.478 e. The zero-order valence-corrected chi connectivity index (χ0v) is 21.5. The molecule has 1 amide bonds. The first-order valence-corrected chi connectivity index (χ1v) is 12.7. The van der Waals surface area contributed by atoms with Gasteiger partial charge in [-0.05, 0) is 72.0 Å². The van der Waals surface area contributed by atoms with Gasteiger partial charge in [0.25, 0.3) is 0 Å². The van der Waals surface area contributed by atoms with Crippen molar-refractivity contribution in [3.8, 4) is 11.1 Å². The molecule has 4 rings (SSSR count). The van der Waals surface area contributed by atoms with E-state index in [2.05, 4.69) is 0 Å². The highest BCUT2D eigenvalue weighted by Gasteiger charge is 2.28. The second kappa shape index (κ2) is 12.0. The summed E-state index contributed by atoms with van der Waals surface area (Å²) in [6.07, 6.45) is 6.14. The standard InChI is InChI=1S/C31H32F2N2O3/c1-34(2)27-13-11-22(12-14-27)24-9-10-25(29(33)18-24)20-35(31(38)23-6-4-3-5-7-23)28-17-21(8-15-30(36)37)16-26(32)19-28/h8-19,23H,3-7,20H2,1-2H3,(H,36,37)/b15-8+/i20D. The Morgan fingerprint density at radius 3 is 2.26 bits per heavy atom. The molecule has 3 aromatic rings. The molecule has 198 valence electrons. The van der Waals surface area contributed by atoms with Crippen molar-refractivity contribution >= 4 is 29.3 Å². The summed E-state index contributed by atoms with van der Waals surface area (Å²) in [5.74, 6) is -3.26. The van der Waals surface area contributed by atoms with E-state index in [0.29, 0.717) is 18.4 Å². The normalized spacial score (nSPS) is 15.2. The van der Waals surface area contributed by atoms with E-state index in [9.17, 15) is 14.0 Å². The summed E-state index contributed by atoms with van der Waals surface area (Å²) < 4.78 is 39.1. The lowest BCUT2D eigenvalue weighted by Gasteiger charge is -2.30. The van der Waals surface area contributed by atoms with Crippen LogP contribution >= 0.6 is 0 Å². The molecule has 0 radical (unpaired) electrons. The number of carboxylic acids is 1. The molecule has 1 N–H and O–H groups in total. The highest BCUT2D eigenvalue weighted by molar-refractivity contribution is 5.95. The molecule has 1 fully saturated rings. The van der Waals surface area contributed by atoms with E-state index in [1.165, 1.54) is 24.3 Å². The second-order valence-electron chi connectivity index (χ2n) is 9.76. The minimum atomic E-state index is -1.47. The number of hydrogen-bond donors (Lipinski definition) is 1. The zero-order chi connectivity index (χ0) is 28.1. The van der Waals surface area contributed by atoms with Crippen LogP contribution in [0.2, 0.25) is 0 Å². The fourth-order valence-corrected chi connectivity index (χ4v) is 4.71. The first-order valence-electron chi connectivity index (χ1n) is 13.3. The molecule has 0 heterocycles. The fraction of sp³-hybridized carbons (Fsp3) is 0.290. The Hall–Kier alpha value is -4.00. The van der Waals surface area contributed by atoms with Crippen LogP contribution in [0, 0.1) is 17.6 Å². The summed E-state index contributed by atoms with van der Waals surface area (Å²) >= 11 is 0. The van der Waals surface area contributed by atoms with E-state index in [4.69, 9.17) is 6.48 Å². The molecule has 1 unspecified atom stereocenters. The monoisotopic (exact) mass is 519 g/mol. The van der Waals surface area contributed by atoms with E-state index < -0.39 is 24.1 Å². The topological polar surface area (TPSA) is 60.9 Å². The predicted octanol–water partition coefficient (Wildman–Crippen LogP) is 6.91. The number of nitrogens with zero attached hydrogens (tertiary/aromatic N) is 2. The Morgan fingerprint density at radius 1 is 0.947 bits per heavy atom. The van der Waals surface area contributed by atoms with Crippen LogP contribution in [0.4, 0.5) is 20.2 Å². The highest BCUT2D eigenvalue weighted by Crippen LogP contribution is 2.31. The van der Waals surface area contributed by atoms with Crippen LogP contribution < -0.4 is 9.80 Å². The lowest BCUT2D eigenvalue weighted by molar-refractivity contribution is -0.131. The molecule has 0 aromatic heterocycles. The van der Waals surface area contributed by atoms with Gasteiger partial charge in [0.05, 0.1) is 7.89 Å². The molecule has 7 heteroatoms. The average Bonchev–Trinajstić information content (AvgIpc) is 2.92. The van der Waals surface area contributed by atoms with Crippen LogP contribution in [-0.4, -0.2) is 31.1 Å². The van der Waals surface area contributed by atoms with Crippen LogP contribution in [0.1, 0.15) is 44.6 Å². The lowest BCUT2D eigenvalue weighted by atomic mass is 9.88. The number of anilines is 2. The van der Waals surface area contributed by atoms with Gasteiger partial charge in [0.2, 0.25) is 5.91 Å². The van der Waals surface area contributed by atoms with Crippen LogP contribution in [0.3, 0.4) is 0 Å². The molecule has 38 heavy (non-hydrogen) atoms. The fourth-order valence-electron chi connectivity index (χ4n) is 4.71. The van der Waals surface area contributed by atoms with Gasteiger partial charge in [0.15, 0.2) is 0 Å². The third-order valence-electron chi connectivity index (χ3n) is 6.78. The number of carbonyl (C=O) groups excluding carboxylic acids is 1. The predicted molar refractivity (Wildman–Crippen MR) is 147 cm³/mol. The van der Waals surface area contributed by atoms with E-state index in [0.717, 1.165) is 53.6 Å². The second-order valence-corrected chi connectivity index (χ2v) is 9.76. The van der Waals surface area contributed by atoms with Crippen molar-refractivity contribution in [3.05, 3.63) is 89.5 Å². The average molecular weight is 520 g/mol. The quantitative estimate of drug-likeness (QED) is 0.329. The Morgan fingerprint density at radius 2 is 1.63 bits per heavy atom. The SMILES string of the molecule is [2H]C(c1ccc(-c2ccc(N(C)C)cc2)cc1F)N(C(=O)C1CCCCC1)c1cc(F)cc(/C=C/C(=O)O)c1. The summed E-state index contributed by atoms with van der Waals surface area (Å²) in [4.78, 5) is 27.8. The van der Waals surface area contributed by atoms with Crippen molar-refractivity contribution < 1.29 is 24.8 Å². The van der Waals surface area contributed by atoms with Gasteiger partial charge in [-0.1, -0.05) is 43.5 Å². The summed E-state index contributed by atoms with van der Waals surface area (Å²) in [5.41, 5.74) is 2.73. The highest BCUT2D eigenvalue weighted by atomic mass is 19.1. The van der Waals surface area contributed by atoms with Gasteiger partial charge in [-0.2, -0.15) is 0 Å². The maximum atomic E-state index is 15.5. The Kier molecular flexibility index (Phi) is 8.12. The molecule has 0 spiro atoms. The molecule has 1 saturated carbocycles. The van der Waals surface area contributed by atoms with Gasteiger partial charge >= 0.3 is 5.97 Å². The number of hydrogen-bond acceptors (Lipinski definition) is 3. The van der Waals surface area contributed by atoms with Crippen molar-refractivity contribution in [1.29, 1.82) is 0 Å². The van der Waals surface area contributed by atoms with Crippen LogP contribution in [-0.2, 0) is 16.1 Å². The molecule has 0 bridgehead atoms. The summed E-state index contributed by atoms with van der Waals surface area (Å²) in [6, 6.07) is 15.9. The molecule has 1 aliphatic rings. The first-order chi connectivity index (χ1) is 18.6. The van der Waals surface area contributed by atoms with E-state index in [1.54, 1.807) is 6.07 Å². The van der Waals surface area contributed by atoms with Gasteiger partial charge in [-0.25, -0.2) is 13.6 Å². The smallest absolute Gasteiger partial charge is 0.328 e. The molecular weight excluding hydrogens is 486 g/mol. The maximum absolute atomic E-state index is 15.5. The van der Waals surface area contributed by atoms with Crippen molar-refractivity contribution in [2.45, 2.75) is 38.6 Å². The number of carboxylic acid groups (broad SMARTS) is 1. The molecule has 0 saturated heterocycles. The number of aliphatic carboxylic acids is 1. The number of carbonyl (C=O) groups is 2. The molecule has 0 aliphatic heterocycles. The lowest BCUT2D eigenvalue weighted by Crippen LogP contribution is -2.37. The van der Waals surface area contributed by atoms with Gasteiger partial charge in [0.1, 0.15) is 11.6 Å². The molecular formula is C31H32F2N2O3. The minimum absolute atomic E-state index is 0.0142. The third-order valence-corrected chi connectivity index (χ3v) is 6.78. The number of benzene rings is 3. The van der Waals surface area contributed by atoms with Gasteiger partial charge < -0.3 is 14.9 Å². The van der Waals surface area contributed by atoms with Gasteiger partial charge in [-0.3, -0.25) is 4.79 Å². The summed E-state index contributed by atoms with van der Waals surface area (Å²) in [7, 11) is 3.87. The third kappa shape index (κ3) is 6.65. The number of amides is 1. The summed E-state index contributed by atoms with van der Waals surface area (Å²) in [5, 5.41) is 8.97. The van der Waals surface area contributed by atoms with Gasteiger partial charge in [0, 0.05) is 43.0 Å². The van der Waals surface area contributed by atoms with Crippen molar-refractivity contribution in [1.82, 2.24) is 0 Å². The molecule has 5 nitrogen and oxygen atoms in total. The molecule has 1 atom stereocenters. The van der Waals surface area contributed by atoms with E-state index >= 15 is 4.39 Å².